The molecule has 0 aliphatic carbocycles. The van der Waals surface area contributed by atoms with Crippen molar-refractivity contribution in [3.8, 4) is 0 Å². The molecule has 1 heterocycles. The zero-order chi connectivity index (χ0) is 14.5. The lowest BCUT2D eigenvalue weighted by Crippen LogP contribution is -2.14. The molecular weight excluding hydrogens is 256 g/mol. The summed E-state index contributed by atoms with van der Waals surface area (Å²) in [4.78, 5) is 15.6. The summed E-state index contributed by atoms with van der Waals surface area (Å²) in [7, 11) is 0. The van der Waals surface area contributed by atoms with Gasteiger partial charge in [0.2, 0.25) is 5.89 Å². The van der Waals surface area contributed by atoms with Crippen molar-refractivity contribution in [3.63, 3.8) is 0 Å². The number of anilines is 1. The molecule has 0 aliphatic heterocycles. The highest BCUT2D eigenvalue weighted by Crippen LogP contribution is 2.15. The molecule has 1 aromatic heterocycles. The van der Waals surface area contributed by atoms with E-state index >= 15 is 0 Å². The van der Waals surface area contributed by atoms with E-state index in [2.05, 4.69) is 29.3 Å². The van der Waals surface area contributed by atoms with Crippen LogP contribution in [-0.2, 0) is 13.0 Å². The SMILES string of the molecule is CC(C)Cc1noc(CNc2ccccc2C(N)=O)n1. The molecule has 6 nitrogen and oxygen atoms in total. The fourth-order valence-corrected chi connectivity index (χ4v) is 1.83. The van der Waals surface area contributed by atoms with Crippen molar-refractivity contribution in [2.75, 3.05) is 5.32 Å². The maximum absolute atomic E-state index is 11.3. The molecule has 0 atom stereocenters. The molecule has 1 amide bonds. The molecule has 0 aliphatic rings. The van der Waals surface area contributed by atoms with Crippen molar-refractivity contribution in [1.29, 1.82) is 0 Å². The van der Waals surface area contributed by atoms with Crippen molar-refractivity contribution < 1.29 is 9.32 Å². The Labute approximate surface area is 117 Å². The van der Waals surface area contributed by atoms with Crippen molar-refractivity contribution >= 4 is 11.6 Å². The second-order valence-electron chi connectivity index (χ2n) is 4.97. The Hall–Kier alpha value is -2.37. The van der Waals surface area contributed by atoms with Crippen LogP contribution in [0.2, 0.25) is 0 Å². The largest absolute Gasteiger partial charge is 0.375 e. The molecule has 106 valence electrons. The van der Waals surface area contributed by atoms with E-state index < -0.39 is 5.91 Å². The average Bonchev–Trinajstić information content (AvgIpc) is 2.83. The van der Waals surface area contributed by atoms with Gasteiger partial charge in [0.15, 0.2) is 5.82 Å². The van der Waals surface area contributed by atoms with Crippen LogP contribution in [0.25, 0.3) is 0 Å². The topological polar surface area (TPSA) is 94.0 Å². The number of nitrogens with one attached hydrogen (secondary N) is 1. The van der Waals surface area contributed by atoms with Gasteiger partial charge in [0, 0.05) is 12.1 Å². The highest BCUT2D eigenvalue weighted by molar-refractivity contribution is 5.98. The molecule has 3 N–H and O–H groups in total. The number of hydrogen-bond acceptors (Lipinski definition) is 5. The van der Waals surface area contributed by atoms with Crippen molar-refractivity contribution in [2.45, 2.75) is 26.8 Å². The quantitative estimate of drug-likeness (QED) is 0.840. The highest BCUT2D eigenvalue weighted by Gasteiger charge is 2.10. The summed E-state index contributed by atoms with van der Waals surface area (Å²) in [5, 5.41) is 6.99. The lowest BCUT2D eigenvalue weighted by atomic mass is 10.1. The zero-order valence-corrected chi connectivity index (χ0v) is 11.6. The third kappa shape index (κ3) is 3.57. The summed E-state index contributed by atoms with van der Waals surface area (Å²) >= 11 is 0. The number of aromatic nitrogens is 2. The number of carbonyl (C=O) groups is 1. The van der Waals surface area contributed by atoms with E-state index in [1.54, 1.807) is 18.2 Å². The Morgan fingerprint density at radius 3 is 2.85 bits per heavy atom. The van der Waals surface area contributed by atoms with Gasteiger partial charge in [-0.3, -0.25) is 4.79 Å². The van der Waals surface area contributed by atoms with Crippen molar-refractivity contribution in [3.05, 3.63) is 41.5 Å². The molecular formula is C14H18N4O2. The van der Waals surface area contributed by atoms with Crippen LogP contribution in [0.1, 0.15) is 35.9 Å². The van der Waals surface area contributed by atoms with E-state index in [1.165, 1.54) is 0 Å². The molecule has 0 radical (unpaired) electrons. The van der Waals surface area contributed by atoms with Gasteiger partial charge in [0.25, 0.3) is 5.91 Å². The second-order valence-corrected chi connectivity index (χ2v) is 4.97. The third-order valence-electron chi connectivity index (χ3n) is 2.72. The minimum Gasteiger partial charge on any atom is -0.375 e. The molecule has 2 rings (SSSR count). The summed E-state index contributed by atoms with van der Waals surface area (Å²) in [6, 6.07) is 7.04. The second kappa shape index (κ2) is 6.18. The van der Waals surface area contributed by atoms with Crippen LogP contribution in [0.15, 0.2) is 28.8 Å². The summed E-state index contributed by atoms with van der Waals surface area (Å²) in [6.07, 6.45) is 0.779. The number of benzene rings is 1. The molecule has 0 fully saturated rings. The van der Waals surface area contributed by atoms with Crippen LogP contribution < -0.4 is 11.1 Å². The summed E-state index contributed by atoms with van der Waals surface area (Å²) in [5.41, 5.74) is 6.41. The molecule has 0 unspecified atom stereocenters. The fraction of sp³-hybridized carbons (Fsp3) is 0.357. The molecule has 2 aromatic rings. The first-order valence-electron chi connectivity index (χ1n) is 6.50. The smallest absolute Gasteiger partial charge is 0.250 e. The molecule has 1 aromatic carbocycles. The van der Waals surface area contributed by atoms with Gasteiger partial charge in [-0.05, 0) is 18.1 Å². The lowest BCUT2D eigenvalue weighted by molar-refractivity contribution is 0.100. The molecule has 20 heavy (non-hydrogen) atoms. The van der Waals surface area contributed by atoms with Gasteiger partial charge in [0.05, 0.1) is 12.1 Å². The van der Waals surface area contributed by atoms with E-state index in [9.17, 15) is 4.79 Å². The predicted molar refractivity (Wildman–Crippen MR) is 75.1 cm³/mol. The van der Waals surface area contributed by atoms with Gasteiger partial charge in [-0.1, -0.05) is 31.1 Å². The molecule has 0 saturated heterocycles. The Kier molecular flexibility index (Phi) is 4.34. The summed E-state index contributed by atoms with van der Waals surface area (Å²) in [5.74, 6) is 1.18. The maximum atomic E-state index is 11.3. The Bertz CT molecular complexity index is 592. The Morgan fingerprint density at radius 2 is 2.15 bits per heavy atom. The van der Waals surface area contributed by atoms with Crippen LogP contribution >= 0.6 is 0 Å². The molecule has 6 heteroatoms. The minimum absolute atomic E-state index is 0.357. The number of rotatable bonds is 6. The van der Waals surface area contributed by atoms with Crippen molar-refractivity contribution in [1.82, 2.24) is 10.1 Å². The van der Waals surface area contributed by atoms with E-state index in [0.29, 0.717) is 35.4 Å². The van der Waals surface area contributed by atoms with Crippen LogP contribution in [-0.4, -0.2) is 16.0 Å². The van der Waals surface area contributed by atoms with Crippen LogP contribution in [0, 0.1) is 5.92 Å². The molecule has 0 saturated carbocycles. The van der Waals surface area contributed by atoms with E-state index in [4.69, 9.17) is 10.3 Å². The Balaban J connectivity index is 2.02. The van der Waals surface area contributed by atoms with Gasteiger partial charge in [-0.25, -0.2) is 0 Å². The monoisotopic (exact) mass is 274 g/mol. The van der Waals surface area contributed by atoms with E-state index in [0.717, 1.165) is 6.42 Å². The first-order valence-corrected chi connectivity index (χ1v) is 6.50. The van der Waals surface area contributed by atoms with Gasteiger partial charge in [0.1, 0.15) is 0 Å². The number of primary amides is 1. The van der Waals surface area contributed by atoms with Gasteiger partial charge < -0.3 is 15.6 Å². The predicted octanol–water partition coefficient (Wildman–Crippen LogP) is 1.98. The summed E-state index contributed by atoms with van der Waals surface area (Å²) < 4.78 is 5.15. The van der Waals surface area contributed by atoms with Crippen LogP contribution in [0.5, 0.6) is 0 Å². The average molecular weight is 274 g/mol. The number of para-hydroxylation sites is 1. The lowest BCUT2D eigenvalue weighted by Gasteiger charge is -2.07. The van der Waals surface area contributed by atoms with E-state index in [1.807, 2.05) is 6.07 Å². The van der Waals surface area contributed by atoms with Gasteiger partial charge in [-0.15, -0.1) is 0 Å². The number of amides is 1. The van der Waals surface area contributed by atoms with Gasteiger partial charge >= 0.3 is 0 Å². The maximum Gasteiger partial charge on any atom is 0.250 e. The van der Waals surface area contributed by atoms with Gasteiger partial charge in [-0.2, -0.15) is 4.98 Å². The van der Waals surface area contributed by atoms with Crippen LogP contribution in [0.3, 0.4) is 0 Å². The first kappa shape index (κ1) is 14.0. The standard InChI is InChI=1S/C14H18N4O2/c1-9(2)7-12-17-13(20-18-12)8-16-11-6-4-3-5-10(11)14(15)19/h3-6,9,16H,7-8H2,1-2H3,(H2,15,19). The normalized spacial score (nSPS) is 10.8. The number of nitrogens with zero attached hydrogens (tertiary/aromatic N) is 2. The molecule has 0 bridgehead atoms. The number of nitrogens with two attached hydrogens (primary N) is 1. The highest BCUT2D eigenvalue weighted by atomic mass is 16.5. The Morgan fingerprint density at radius 1 is 1.40 bits per heavy atom. The molecule has 0 spiro atoms. The minimum atomic E-state index is -0.473. The first-order chi connectivity index (χ1) is 9.56. The summed E-state index contributed by atoms with van der Waals surface area (Å²) in [6.45, 7) is 4.55. The fourth-order valence-electron chi connectivity index (χ4n) is 1.83. The van der Waals surface area contributed by atoms with Crippen LogP contribution in [0.4, 0.5) is 5.69 Å². The number of hydrogen-bond donors (Lipinski definition) is 2. The third-order valence-corrected chi connectivity index (χ3v) is 2.72. The zero-order valence-electron chi connectivity index (χ0n) is 11.6. The van der Waals surface area contributed by atoms with E-state index in [-0.39, 0.29) is 0 Å². The number of carbonyl (C=O) groups excluding carboxylic acids is 1. The van der Waals surface area contributed by atoms with Crippen molar-refractivity contribution in [2.24, 2.45) is 11.7 Å².